The Morgan fingerprint density at radius 1 is 1.00 bits per heavy atom. The van der Waals surface area contributed by atoms with Crippen molar-refractivity contribution in [1.82, 2.24) is 0 Å². The number of likely N-dealkylation sites (N-methyl/N-ethyl adjacent to an activating group) is 1. The van der Waals surface area contributed by atoms with Gasteiger partial charge < -0.3 is 14.4 Å². The zero-order valence-electron chi connectivity index (χ0n) is 13.9. The Hall–Kier alpha value is -2.82. The Morgan fingerprint density at radius 2 is 1.75 bits per heavy atom. The van der Waals surface area contributed by atoms with E-state index < -0.39 is 5.97 Å². The van der Waals surface area contributed by atoms with Crippen molar-refractivity contribution >= 4 is 17.6 Å². The molecule has 0 fully saturated rings. The minimum Gasteiger partial charge on any atom is -0.484 e. The second-order valence-corrected chi connectivity index (χ2v) is 5.01. The summed E-state index contributed by atoms with van der Waals surface area (Å²) in [7, 11) is 0. The lowest BCUT2D eigenvalue weighted by atomic mass is 10.2. The summed E-state index contributed by atoms with van der Waals surface area (Å²) >= 11 is 0. The molecule has 0 bridgehead atoms. The second-order valence-electron chi connectivity index (χ2n) is 5.01. The van der Waals surface area contributed by atoms with Gasteiger partial charge in [-0.1, -0.05) is 24.3 Å². The molecule has 0 saturated carbocycles. The van der Waals surface area contributed by atoms with Crippen LogP contribution in [0.25, 0.3) is 0 Å². The first-order valence-electron chi connectivity index (χ1n) is 7.91. The molecule has 0 N–H and O–H groups in total. The first-order valence-corrected chi connectivity index (χ1v) is 7.91. The summed E-state index contributed by atoms with van der Waals surface area (Å²) in [6.45, 7) is 4.42. The van der Waals surface area contributed by atoms with Gasteiger partial charge in [-0.25, -0.2) is 4.79 Å². The molecule has 0 aliphatic carbocycles. The van der Waals surface area contributed by atoms with Crippen LogP contribution < -0.4 is 9.64 Å². The molecule has 0 heterocycles. The van der Waals surface area contributed by atoms with Gasteiger partial charge in [0.15, 0.2) is 6.61 Å². The van der Waals surface area contributed by atoms with E-state index >= 15 is 0 Å². The summed E-state index contributed by atoms with van der Waals surface area (Å²) in [5.74, 6) is -0.1000. The number of rotatable bonds is 7. The monoisotopic (exact) mass is 327 g/mol. The van der Waals surface area contributed by atoms with Crippen molar-refractivity contribution in [1.29, 1.82) is 0 Å². The van der Waals surface area contributed by atoms with Gasteiger partial charge in [-0.2, -0.15) is 0 Å². The zero-order chi connectivity index (χ0) is 17.4. The predicted octanol–water partition coefficient (Wildman–Crippen LogP) is 3.30. The van der Waals surface area contributed by atoms with Crippen LogP contribution in [0, 0.1) is 0 Å². The Morgan fingerprint density at radius 3 is 2.42 bits per heavy atom. The van der Waals surface area contributed by atoms with Crippen molar-refractivity contribution in [3.05, 3.63) is 60.2 Å². The number of hydrogen-bond acceptors (Lipinski definition) is 4. The molecule has 24 heavy (non-hydrogen) atoms. The van der Waals surface area contributed by atoms with Crippen molar-refractivity contribution in [3.63, 3.8) is 0 Å². The normalized spacial score (nSPS) is 10.1. The molecule has 0 radical (unpaired) electrons. The molecule has 0 aliphatic rings. The van der Waals surface area contributed by atoms with Gasteiger partial charge in [0.05, 0.1) is 12.2 Å². The third kappa shape index (κ3) is 4.59. The second kappa shape index (κ2) is 8.72. The van der Waals surface area contributed by atoms with E-state index in [2.05, 4.69) is 0 Å². The number of esters is 1. The summed E-state index contributed by atoms with van der Waals surface area (Å²) in [5, 5.41) is 0. The Labute approximate surface area is 141 Å². The third-order valence-corrected chi connectivity index (χ3v) is 3.39. The molecule has 0 atom stereocenters. The molecule has 0 unspecified atom stereocenters. The van der Waals surface area contributed by atoms with Crippen LogP contribution in [0.1, 0.15) is 24.2 Å². The summed E-state index contributed by atoms with van der Waals surface area (Å²) < 4.78 is 10.5. The Bertz CT molecular complexity index is 685. The lowest BCUT2D eigenvalue weighted by Gasteiger charge is -2.21. The average molecular weight is 327 g/mol. The van der Waals surface area contributed by atoms with E-state index in [-0.39, 0.29) is 12.5 Å². The third-order valence-electron chi connectivity index (χ3n) is 3.39. The van der Waals surface area contributed by atoms with E-state index in [1.165, 1.54) is 0 Å². The van der Waals surface area contributed by atoms with Crippen LogP contribution >= 0.6 is 0 Å². The molecule has 2 aromatic carbocycles. The molecule has 0 aromatic heterocycles. The molecule has 0 spiro atoms. The molecule has 0 saturated heterocycles. The van der Waals surface area contributed by atoms with Gasteiger partial charge in [0.2, 0.25) is 0 Å². The average Bonchev–Trinajstić information content (AvgIpc) is 2.62. The van der Waals surface area contributed by atoms with Crippen molar-refractivity contribution in [2.75, 3.05) is 24.7 Å². The highest BCUT2D eigenvalue weighted by Gasteiger charge is 2.15. The lowest BCUT2D eigenvalue weighted by Crippen LogP contribution is -2.34. The van der Waals surface area contributed by atoms with Gasteiger partial charge >= 0.3 is 5.97 Å². The molecular formula is C19H21NO4. The molecule has 0 aliphatic heterocycles. The minimum atomic E-state index is -0.409. The lowest BCUT2D eigenvalue weighted by molar-refractivity contribution is -0.120. The highest BCUT2D eigenvalue weighted by Crippen LogP contribution is 2.16. The van der Waals surface area contributed by atoms with Crippen molar-refractivity contribution < 1.29 is 19.1 Å². The molecule has 5 heteroatoms. The van der Waals surface area contributed by atoms with E-state index in [1.54, 1.807) is 36.1 Å². The number of carbonyl (C=O) groups is 2. The van der Waals surface area contributed by atoms with Crippen LogP contribution in [-0.2, 0) is 9.53 Å². The van der Waals surface area contributed by atoms with E-state index in [0.717, 1.165) is 5.69 Å². The van der Waals surface area contributed by atoms with Crippen molar-refractivity contribution in [2.24, 2.45) is 0 Å². The maximum Gasteiger partial charge on any atom is 0.338 e. The number of ether oxygens (including phenoxy) is 2. The van der Waals surface area contributed by atoms with Crippen molar-refractivity contribution in [2.45, 2.75) is 13.8 Å². The van der Waals surface area contributed by atoms with Crippen LogP contribution in [0.4, 0.5) is 5.69 Å². The maximum atomic E-state index is 12.4. The predicted molar refractivity (Wildman–Crippen MR) is 92.4 cm³/mol. The Balaban J connectivity index is 2.01. The van der Waals surface area contributed by atoms with Gasteiger partial charge in [-0.15, -0.1) is 0 Å². The van der Waals surface area contributed by atoms with E-state index in [9.17, 15) is 9.59 Å². The van der Waals surface area contributed by atoms with Crippen LogP contribution in [0.5, 0.6) is 5.75 Å². The summed E-state index contributed by atoms with van der Waals surface area (Å²) in [5.41, 5.74) is 1.23. The van der Waals surface area contributed by atoms with Crippen molar-refractivity contribution in [3.8, 4) is 5.75 Å². The van der Waals surface area contributed by atoms with Crippen LogP contribution in [-0.4, -0.2) is 31.6 Å². The van der Waals surface area contributed by atoms with Gasteiger partial charge in [0, 0.05) is 12.2 Å². The Kier molecular flexibility index (Phi) is 6.37. The largest absolute Gasteiger partial charge is 0.484 e. The van der Waals surface area contributed by atoms with Crippen LogP contribution in [0.2, 0.25) is 0 Å². The fraction of sp³-hybridized carbons (Fsp3) is 0.263. The number of para-hydroxylation sites is 1. The molecule has 2 aromatic rings. The van der Waals surface area contributed by atoms with Gasteiger partial charge in [0.1, 0.15) is 5.75 Å². The van der Waals surface area contributed by atoms with Crippen LogP contribution in [0.15, 0.2) is 54.6 Å². The molecule has 5 nitrogen and oxygen atoms in total. The van der Waals surface area contributed by atoms with Gasteiger partial charge in [-0.3, -0.25) is 4.79 Å². The maximum absolute atomic E-state index is 12.4. The minimum absolute atomic E-state index is 0.102. The molecular weight excluding hydrogens is 306 g/mol. The highest BCUT2D eigenvalue weighted by atomic mass is 16.5. The first-order chi connectivity index (χ1) is 11.7. The summed E-state index contributed by atoms with van der Waals surface area (Å²) in [4.78, 5) is 25.7. The number of nitrogens with zero attached hydrogens (tertiary/aromatic N) is 1. The zero-order valence-corrected chi connectivity index (χ0v) is 13.9. The number of carbonyl (C=O) groups excluding carboxylic acids is 2. The topological polar surface area (TPSA) is 55.8 Å². The standard InChI is InChI=1S/C19H21NO4/c1-3-20(16-10-6-5-7-11-16)18(21)14-24-17-12-8-9-15(13-17)19(22)23-4-2/h5-13H,3-4,14H2,1-2H3. The van der Waals surface area contributed by atoms with E-state index in [1.807, 2.05) is 37.3 Å². The summed E-state index contributed by atoms with van der Waals surface area (Å²) in [6.07, 6.45) is 0. The summed E-state index contributed by atoms with van der Waals surface area (Å²) in [6, 6.07) is 16.0. The molecule has 1 amide bonds. The highest BCUT2D eigenvalue weighted by molar-refractivity contribution is 5.94. The van der Waals surface area contributed by atoms with Crippen LogP contribution in [0.3, 0.4) is 0 Å². The van der Waals surface area contributed by atoms with E-state index in [0.29, 0.717) is 24.5 Å². The SMILES string of the molecule is CCOC(=O)c1cccc(OCC(=O)N(CC)c2ccccc2)c1. The van der Waals surface area contributed by atoms with Gasteiger partial charge in [-0.05, 0) is 44.2 Å². The van der Waals surface area contributed by atoms with Gasteiger partial charge in [0.25, 0.3) is 5.91 Å². The quantitative estimate of drug-likeness (QED) is 0.732. The smallest absolute Gasteiger partial charge is 0.338 e. The number of benzene rings is 2. The van der Waals surface area contributed by atoms with E-state index in [4.69, 9.17) is 9.47 Å². The first kappa shape index (κ1) is 17.5. The number of amides is 1. The fourth-order valence-corrected chi connectivity index (χ4v) is 2.26. The molecule has 126 valence electrons. The number of anilines is 1. The molecule has 2 rings (SSSR count). The fourth-order valence-electron chi connectivity index (χ4n) is 2.26. The number of hydrogen-bond donors (Lipinski definition) is 0.